The van der Waals surface area contributed by atoms with Gasteiger partial charge in [-0.3, -0.25) is 9.59 Å². The molecule has 0 aromatic rings. The molecule has 5 aliphatic rings. The standard InChI is InChI=1S/C24H31FO6/c1-21(2)30-19-9-14-13-8-16(25)15-7-12(27)5-6-22(15,3)20(13)17(28)10-23(14,4)24(19,31-21)18(29)11-26/h5-6,13-14,17,19-20,26,28H,7-11H2,1-4H3/t13-,14-,17-,19+,20+,22-,23-,24+/m0/s1. The molecule has 2 saturated carbocycles. The summed E-state index contributed by atoms with van der Waals surface area (Å²) in [4.78, 5) is 25.1. The van der Waals surface area contributed by atoms with Crippen LogP contribution in [-0.4, -0.2) is 52.0 Å². The number of fused-ring (bicyclic) bond motifs is 7. The molecule has 0 radical (unpaired) electrons. The van der Waals surface area contributed by atoms with E-state index in [1.54, 1.807) is 19.9 Å². The van der Waals surface area contributed by atoms with Gasteiger partial charge in [0.15, 0.2) is 23.0 Å². The van der Waals surface area contributed by atoms with Crippen molar-refractivity contribution in [2.45, 2.75) is 77.0 Å². The van der Waals surface area contributed by atoms with Crippen LogP contribution in [0.1, 0.15) is 53.4 Å². The summed E-state index contributed by atoms with van der Waals surface area (Å²) in [7, 11) is 0. The first-order chi connectivity index (χ1) is 14.4. The van der Waals surface area contributed by atoms with E-state index in [0.717, 1.165) is 0 Å². The second-order valence-electron chi connectivity index (χ2n) is 11.0. The lowest BCUT2D eigenvalue weighted by Gasteiger charge is -2.59. The van der Waals surface area contributed by atoms with Gasteiger partial charge in [-0.05, 0) is 50.2 Å². The number of ether oxygens (including phenoxy) is 2. The van der Waals surface area contributed by atoms with Gasteiger partial charge in [-0.2, -0.15) is 0 Å². The molecule has 1 saturated heterocycles. The summed E-state index contributed by atoms with van der Waals surface area (Å²) in [5.74, 6) is -2.47. The van der Waals surface area contributed by atoms with Gasteiger partial charge >= 0.3 is 0 Å². The van der Waals surface area contributed by atoms with Crippen LogP contribution in [0.3, 0.4) is 0 Å². The van der Waals surface area contributed by atoms with Gasteiger partial charge in [0.25, 0.3) is 0 Å². The van der Waals surface area contributed by atoms with Gasteiger partial charge in [-0.25, -0.2) is 4.39 Å². The Labute approximate surface area is 181 Å². The van der Waals surface area contributed by atoms with Gasteiger partial charge in [0.05, 0.1) is 12.2 Å². The zero-order chi connectivity index (χ0) is 22.6. The fraction of sp³-hybridized carbons (Fsp3) is 0.750. The molecule has 170 valence electrons. The molecule has 0 unspecified atom stereocenters. The van der Waals surface area contributed by atoms with Crippen LogP contribution in [0.25, 0.3) is 0 Å². The number of aliphatic hydroxyl groups is 2. The van der Waals surface area contributed by atoms with Gasteiger partial charge in [0, 0.05) is 29.6 Å². The number of ketones is 2. The summed E-state index contributed by atoms with van der Waals surface area (Å²) in [5.41, 5.74) is -2.44. The third kappa shape index (κ3) is 2.52. The summed E-state index contributed by atoms with van der Waals surface area (Å²) in [6.07, 6.45) is 2.86. The van der Waals surface area contributed by atoms with Crippen molar-refractivity contribution in [1.82, 2.24) is 0 Å². The van der Waals surface area contributed by atoms with Crippen molar-refractivity contribution in [1.29, 1.82) is 0 Å². The topological polar surface area (TPSA) is 93.1 Å². The Balaban J connectivity index is 1.63. The molecular formula is C24H31FO6. The highest BCUT2D eigenvalue weighted by Crippen LogP contribution is 2.70. The molecule has 7 heteroatoms. The first-order valence-electron chi connectivity index (χ1n) is 11.2. The van der Waals surface area contributed by atoms with E-state index in [1.807, 2.05) is 13.8 Å². The molecule has 1 heterocycles. The van der Waals surface area contributed by atoms with Gasteiger partial charge in [-0.1, -0.05) is 19.9 Å². The number of aliphatic hydroxyl groups excluding tert-OH is 2. The van der Waals surface area contributed by atoms with Crippen LogP contribution in [0.2, 0.25) is 0 Å². The fourth-order valence-electron chi connectivity index (χ4n) is 8.02. The summed E-state index contributed by atoms with van der Waals surface area (Å²) < 4.78 is 27.8. The zero-order valence-corrected chi connectivity index (χ0v) is 18.5. The molecule has 3 fully saturated rings. The molecule has 0 bridgehead atoms. The maximum atomic E-state index is 15.4. The average Bonchev–Trinajstić information content (AvgIpc) is 3.08. The van der Waals surface area contributed by atoms with E-state index in [2.05, 4.69) is 0 Å². The van der Waals surface area contributed by atoms with E-state index in [4.69, 9.17) is 9.47 Å². The van der Waals surface area contributed by atoms with Gasteiger partial charge in [0.2, 0.25) is 0 Å². The summed E-state index contributed by atoms with van der Waals surface area (Å²) in [6.45, 7) is 6.66. The maximum Gasteiger partial charge on any atom is 0.193 e. The molecule has 5 rings (SSSR count). The number of halogens is 1. The van der Waals surface area contributed by atoms with E-state index in [1.165, 1.54) is 6.08 Å². The Morgan fingerprint density at radius 2 is 2.00 bits per heavy atom. The Morgan fingerprint density at radius 3 is 2.68 bits per heavy atom. The molecule has 8 atom stereocenters. The van der Waals surface area contributed by atoms with Crippen LogP contribution < -0.4 is 0 Å². The molecule has 0 spiro atoms. The van der Waals surface area contributed by atoms with Crippen molar-refractivity contribution in [3.8, 4) is 0 Å². The number of rotatable bonds is 2. The molecule has 0 amide bonds. The second-order valence-corrected chi connectivity index (χ2v) is 11.0. The number of carbonyl (C=O) groups excluding carboxylic acids is 2. The quantitative estimate of drug-likeness (QED) is 0.694. The smallest absolute Gasteiger partial charge is 0.193 e. The van der Waals surface area contributed by atoms with Crippen molar-refractivity contribution in [2.75, 3.05) is 6.61 Å². The van der Waals surface area contributed by atoms with E-state index >= 15 is 4.39 Å². The predicted octanol–water partition coefficient (Wildman–Crippen LogP) is 2.62. The Morgan fingerprint density at radius 1 is 1.29 bits per heavy atom. The summed E-state index contributed by atoms with van der Waals surface area (Å²) in [6, 6.07) is 0. The molecule has 0 aromatic heterocycles. The monoisotopic (exact) mass is 434 g/mol. The van der Waals surface area contributed by atoms with Gasteiger partial charge in [-0.15, -0.1) is 0 Å². The van der Waals surface area contributed by atoms with Crippen LogP contribution in [0.4, 0.5) is 4.39 Å². The molecule has 2 N–H and O–H groups in total. The lowest BCUT2D eigenvalue weighted by Crippen LogP contribution is -2.63. The molecule has 6 nitrogen and oxygen atoms in total. The summed E-state index contributed by atoms with van der Waals surface area (Å²) in [5, 5.41) is 21.3. The Kier molecular flexibility index (Phi) is 4.38. The first kappa shape index (κ1) is 21.4. The van der Waals surface area contributed by atoms with Crippen LogP contribution in [-0.2, 0) is 19.1 Å². The fourth-order valence-corrected chi connectivity index (χ4v) is 8.02. The minimum Gasteiger partial charge on any atom is -0.393 e. The highest BCUT2D eigenvalue weighted by Gasteiger charge is 2.76. The highest BCUT2D eigenvalue weighted by molar-refractivity contribution is 5.93. The number of Topliss-reactive ketones (excluding diaryl/α,β-unsaturated/α-hetero) is 1. The minimum absolute atomic E-state index is 0.0483. The second kappa shape index (κ2) is 6.34. The molecule has 4 aliphatic carbocycles. The van der Waals surface area contributed by atoms with Crippen LogP contribution in [0.15, 0.2) is 23.6 Å². The number of hydrogen-bond donors (Lipinski definition) is 2. The third-order valence-electron chi connectivity index (χ3n) is 9.06. The lowest BCUT2D eigenvalue weighted by atomic mass is 9.46. The molecular weight excluding hydrogens is 403 g/mol. The first-order valence-corrected chi connectivity index (χ1v) is 11.2. The minimum atomic E-state index is -1.37. The SMILES string of the molecule is CC1(C)O[C@@H]2C[C@H]3[C@@H]4CC(F)=C5CC(=O)C=C[C@]5(C)[C@H]4[C@@H](O)C[C@]3(C)[C@]2(C(=O)CO)O1. The molecule has 0 aromatic carbocycles. The maximum absolute atomic E-state index is 15.4. The van der Waals surface area contributed by atoms with Gasteiger partial charge in [0.1, 0.15) is 12.4 Å². The van der Waals surface area contributed by atoms with E-state index in [-0.39, 0.29) is 48.6 Å². The Bertz CT molecular complexity index is 923. The number of hydrogen-bond acceptors (Lipinski definition) is 6. The highest BCUT2D eigenvalue weighted by atomic mass is 19.1. The largest absolute Gasteiger partial charge is 0.393 e. The van der Waals surface area contributed by atoms with Crippen molar-refractivity contribution in [3.63, 3.8) is 0 Å². The Hall–Kier alpha value is -1.41. The third-order valence-corrected chi connectivity index (χ3v) is 9.06. The average molecular weight is 435 g/mol. The lowest BCUT2D eigenvalue weighted by molar-refractivity contribution is -0.224. The van der Waals surface area contributed by atoms with Crippen molar-refractivity contribution in [2.24, 2.45) is 28.6 Å². The van der Waals surface area contributed by atoms with Gasteiger partial charge < -0.3 is 19.7 Å². The van der Waals surface area contributed by atoms with Crippen LogP contribution in [0.5, 0.6) is 0 Å². The normalized spacial score (nSPS) is 50.0. The predicted molar refractivity (Wildman–Crippen MR) is 108 cm³/mol. The van der Waals surface area contributed by atoms with Crippen LogP contribution in [0, 0.1) is 28.6 Å². The van der Waals surface area contributed by atoms with Crippen molar-refractivity contribution < 1.29 is 33.7 Å². The molecule has 31 heavy (non-hydrogen) atoms. The zero-order valence-electron chi connectivity index (χ0n) is 18.5. The van der Waals surface area contributed by atoms with Crippen LogP contribution >= 0.6 is 0 Å². The number of allylic oxidation sites excluding steroid dienone is 4. The van der Waals surface area contributed by atoms with E-state index < -0.39 is 46.8 Å². The van der Waals surface area contributed by atoms with E-state index in [0.29, 0.717) is 12.0 Å². The number of carbonyl (C=O) groups is 2. The van der Waals surface area contributed by atoms with Crippen molar-refractivity contribution in [3.05, 3.63) is 23.6 Å². The summed E-state index contributed by atoms with van der Waals surface area (Å²) >= 11 is 0. The molecule has 1 aliphatic heterocycles. The van der Waals surface area contributed by atoms with E-state index in [9.17, 15) is 19.8 Å². The van der Waals surface area contributed by atoms with Crippen molar-refractivity contribution >= 4 is 11.6 Å².